The maximum atomic E-state index is 10.8. The van der Waals surface area contributed by atoms with Crippen LogP contribution in [-0.4, -0.2) is 29.2 Å². The summed E-state index contributed by atoms with van der Waals surface area (Å²) in [5.74, 6) is -0.106. The molecule has 8 heteroatoms. The molecule has 92 valence electrons. The van der Waals surface area contributed by atoms with Gasteiger partial charge in [-0.25, -0.2) is 18.2 Å². The van der Waals surface area contributed by atoms with Crippen LogP contribution in [0.4, 0.5) is 0 Å². The summed E-state index contributed by atoms with van der Waals surface area (Å²) in [5, 5.41) is 14.7. The Hall–Kier alpha value is -1.25. The van der Waals surface area contributed by atoms with Gasteiger partial charge >= 0.3 is 0 Å². The smallest absolute Gasteiger partial charge is 0.209 e. The van der Waals surface area contributed by atoms with Crippen molar-refractivity contribution in [3.63, 3.8) is 0 Å². The van der Waals surface area contributed by atoms with Gasteiger partial charge < -0.3 is 0 Å². The summed E-state index contributed by atoms with van der Waals surface area (Å²) in [6.45, 7) is 0.653. The van der Waals surface area contributed by atoms with Gasteiger partial charge in [-0.05, 0) is 11.4 Å². The number of sulfonamides is 1. The first kappa shape index (κ1) is 12.2. The average molecular weight is 272 g/mol. The summed E-state index contributed by atoms with van der Waals surface area (Å²) in [6, 6.07) is 3.98. The third kappa shape index (κ3) is 3.91. The molecule has 2 N–H and O–H groups in total. The minimum Gasteiger partial charge on any atom is -0.247 e. The van der Waals surface area contributed by atoms with Crippen LogP contribution in [0.1, 0.15) is 10.6 Å². The van der Waals surface area contributed by atoms with Crippen LogP contribution in [0.5, 0.6) is 0 Å². The van der Waals surface area contributed by atoms with Crippen molar-refractivity contribution in [3.8, 4) is 0 Å². The van der Waals surface area contributed by atoms with Crippen LogP contribution in [0.2, 0.25) is 0 Å². The van der Waals surface area contributed by atoms with Crippen LogP contribution in [0.25, 0.3) is 0 Å². The van der Waals surface area contributed by atoms with Crippen molar-refractivity contribution in [1.29, 1.82) is 0 Å². The molecule has 0 radical (unpaired) electrons. The number of primary sulfonamides is 1. The van der Waals surface area contributed by atoms with E-state index in [0.29, 0.717) is 18.7 Å². The zero-order chi connectivity index (χ0) is 12.3. The molecule has 2 aromatic rings. The van der Waals surface area contributed by atoms with Gasteiger partial charge in [0, 0.05) is 17.5 Å². The maximum Gasteiger partial charge on any atom is 0.209 e. The number of hydrogen-bond acceptors (Lipinski definition) is 5. The molecule has 0 spiro atoms. The fraction of sp³-hybridized carbons (Fsp3) is 0.333. The number of aryl methyl sites for hydroxylation is 1. The fourth-order valence-corrected chi connectivity index (χ4v) is 2.53. The highest BCUT2D eigenvalue weighted by Gasteiger charge is 2.07. The van der Waals surface area contributed by atoms with E-state index in [1.165, 1.54) is 4.88 Å². The van der Waals surface area contributed by atoms with Crippen LogP contribution < -0.4 is 5.14 Å². The third-order valence-corrected chi connectivity index (χ3v) is 3.76. The van der Waals surface area contributed by atoms with E-state index in [2.05, 4.69) is 10.3 Å². The molecule has 17 heavy (non-hydrogen) atoms. The van der Waals surface area contributed by atoms with Gasteiger partial charge in [0.1, 0.15) is 0 Å². The van der Waals surface area contributed by atoms with Crippen LogP contribution in [-0.2, 0) is 23.0 Å². The summed E-state index contributed by atoms with van der Waals surface area (Å²) >= 11 is 1.64. The molecule has 2 heterocycles. The number of rotatable bonds is 5. The molecule has 0 saturated heterocycles. The lowest BCUT2D eigenvalue weighted by Gasteiger charge is -1.95. The number of nitrogens with two attached hydrogens (primary N) is 1. The van der Waals surface area contributed by atoms with Crippen molar-refractivity contribution in [2.75, 3.05) is 5.75 Å². The summed E-state index contributed by atoms with van der Waals surface area (Å²) in [7, 11) is -3.44. The van der Waals surface area contributed by atoms with Crippen molar-refractivity contribution < 1.29 is 8.42 Å². The lowest BCUT2D eigenvalue weighted by molar-refractivity contribution is 0.596. The maximum absolute atomic E-state index is 10.8. The second-order valence-electron chi connectivity index (χ2n) is 3.60. The Kier molecular flexibility index (Phi) is 3.55. The van der Waals surface area contributed by atoms with E-state index < -0.39 is 10.0 Å². The van der Waals surface area contributed by atoms with Gasteiger partial charge in [-0.1, -0.05) is 11.3 Å². The Morgan fingerprint density at radius 2 is 2.29 bits per heavy atom. The van der Waals surface area contributed by atoms with Gasteiger partial charge in [0.2, 0.25) is 10.0 Å². The highest BCUT2D eigenvalue weighted by atomic mass is 32.2. The molecule has 0 fully saturated rings. The second kappa shape index (κ2) is 4.94. The van der Waals surface area contributed by atoms with E-state index in [1.807, 2.05) is 17.5 Å². The van der Waals surface area contributed by atoms with E-state index in [0.717, 1.165) is 0 Å². The molecule has 0 atom stereocenters. The summed E-state index contributed by atoms with van der Waals surface area (Å²) in [5.41, 5.74) is 0.635. The van der Waals surface area contributed by atoms with Crippen molar-refractivity contribution in [2.24, 2.45) is 5.14 Å². The Balaban J connectivity index is 1.96. The normalized spacial score (nSPS) is 11.8. The number of thiophene rings is 1. The van der Waals surface area contributed by atoms with E-state index in [4.69, 9.17) is 5.14 Å². The second-order valence-corrected chi connectivity index (χ2v) is 6.37. The zero-order valence-corrected chi connectivity index (χ0v) is 10.6. The summed E-state index contributed by atoms with van der Waals surface area (Å²) < 4.78 is 23.3. The zero-order valence-electron chi connectivity index (χ0n) is 8.98. The molecular weight excluding hydrogens is 260 g/mol. The van der Waals surface area contributed by atoms with Gasteiger partial charge in [0.05, 0.1) is 18.0 Å². The minimum atomic E-state index is -3.44. The van der Waals surface area contributed by atoms with Crippen molar-refractivity contribution >= 4 is 21.4 Å². The van der Waals surface area contributed by atoms with Gasteiger partial charge in [-0.15, -0.1) is 16.4 Å². The molecule has 0 saturated carbocycles. The topological polar surface area (TPSA) is 90.9 Å². The summed E-state index contributed by atoms with van der Waals surface area (Å²) in [6.07, 6.45) is 2.04. The van der Waals surface area contributed by atoms with Gasteiger partial charge in [0.25, 0.3) is 0 Å². The highest BCUT2D eigenvalue weighted by Crippen LogP contribution is 2.10. The Morgan fingerprint density at radius 1 is 1.47 bits per heavy atom. The first-order valence-electron chi connectivity index (χ1n) is 4.95. The molecule has 0 aliphatic carbocycles. The Labute approximate surface area is 103 Å². The van der Waals surface area contributed by atoms with E-state index in [1.54, 1.807) is 22.2 Å². The predicted molar refractivity (Wildman–Crippen MR) is 65.1 cm³/mol. The van der Waals surface area contributed by atoms with Crippen LogP contribution >= 0.6 is 11.3 Å². The van der Waals surface area contributed by atoms with Crippen molar-refractivity contribution in [2.45, 2.75) is 13.0 Å². The standard InChI is InChI=1S/C9H12N4O2S2/c10-17(14,15)5-3-8-6-13(12-11-8)7-9-2-1-4-16-9/h1-2,4,6H,3,5,7H2,(H2,10,14,15). The molecule has 0 unspecified atom stereocenters. The van der Waals surface area contributed by atoms with Crippen LogP contribution in [0.15, 0.2) is 23.7 Å². The number of hydrogen-bond donors (Lipinski definition) is 1. The minimum absolute atomic E-state index is 0.106. The lowest BCUT2D eigenvalue weighted by Crippen LogP contribution is -2.18. The van der Waals surface area contributed by atoms with Gasteiger partial charge in [-0.3, -0.25) is 0 Å². The number of nitrogens with zero attached hydrogens (tertiary/aromatic N) is 3. The van der Waals surface area contributed by atoms with Gasteiger partial charge in [-0.2, -0.15) is 0 Å². The summed E-state index contributed by atoms with van der Waals surface area (Å²) in [4.78, 5) is 1.17. The molecule has 0 bridgehead atoms. The Morgan fingerprint density at radius 3 is 2.94 bits per heavy atom. The largest absolute Gasteiger partial charge is 0.247 e. The van der Waals surface area contributed by atoms with Crippen LogP contribution in [0, 0.1) is 0 Å². The molecule has 0 aromatic carbocycles. The van der Waals surface area contributed by atoms with E-state index in [9.17, 15) is 8.42 Å². The van der Waals surface area contributed by atoms with Crippen molar-refractivity contribution in [3.05, 3.63) is 34.3 Å². The molecule has 6 nitrogen and oxygen atoms in total. The SMILES string of the molecule is NS(=O)(=O)CCc1cn(Cc2cccs2)nn1. The fourth-order valence-electron chi connectivity index (χ4n) is 1.34. The van der Waals surface area contributed by atoms with E-state index >= 15 is 0 Å². The Bertz CT molecular complexity index is 574. The predicted octanol–water partition coefficient (Wildman–Crippen LogP) is 0.219. The van der Waals surface area contributed by atoms with Crippen LogP contribution in [0.3, 0.4) is 0 Å². The molecular formula is C9H12N4O2S2. The molecule has 2 rings (SSSR count). The first-order valence-corrected chi connectivity index (χ1v) is 7.54. The number of aromatic nitrogens is 3. The van der Waals surface area contributed by atoms with Gasteiger partial charge in [0.15, 0.2) is 0 Å². The third-order valence-electron chi connectivity index (χ3n) is 2.13. The molecule has 0 aliphatic rings. The lowest BCUT2D eigenvalue weighted by atomic mass is 10.4. The van der Waals surface area contributed by atoms with Crippen molar-refractivity contribution in [1.82, 2.24) is 15.0 Å². The monoisotopic (exact) mass is 272 g/mol. The molecule has 2 aromatic heterocycles. The molecule has 0 amide bonds. The highest BCUT2D eigenvalue weighted by molar-refractivity contribution is 7.89. The first-order chi connectivity index (χ1) is 8.03. The quantitative estimate of drug-likeness (QED) is 0.843. The van der Waals surface area contributed by atoms with E-state index in [-0.39, 0.29) is 5.75 Å². The average Bonchev–Trinajstić information content (AvgIpc) is 2.86. The molecule has 0 aliphatic heterocycles.